The Bertz CT molecular complexity index is 647. The molecule has 0 aromatic heterocycles. The molecule has 0 saturated heterocycles. The van der Waals surface area contributed by atoms with E-state index in [-0.39, 0.29) is 0 Å². The van der Waals surface area contributed by atoms with Crippen LogP contribution in [0.2, 0.25) is 0 Å². The van der Waals surface area contributed by atoms with Crippen LogP contribution in [0.5, 0.6) is 0 Å². The molecule has 0 saturated carbocycles. The van der Waals surface area contributed by atoms with Crippen molar-refractivity contribution in [2.75, 3.05) is 0 Å². The van der Waals surface area contributed by atoms with Crippen LogP contribution in [0, 0.1) is 0 Å². The summed E-state index contributed by atoms with van der Waals surface area (Å²) in [6, 6.07) is 15.8. The normalized spacial score (nSPS) is 16.1. The van der Waals surface area contributed by atoms with Gasteiger partial charge in [-0.05, 0) is 65.5 Å². The molecule has 0 fully saturated rings. The van der Waals surface area contributed by atoms with E-state index in [4.69, 9.17) is 0 Å². The van der Waals surface area contributed by atoms with E-state index in [1.165, 1.54) is 36.0 Å². The van der Waals surface area contributed by atoms with Gasteiger partial charge in [-0.15, -0.1) is 0 Å². The van der Waals surface area contributed by atoms with Crippen LogP contribution in [-0.4, -0.2) is 0 Å². The van der Waals surface area contributed by atoms with Gasteiger partial charge < -0.3 is 0 Å². The molecule has 0 radical (unpaired) electrons. The average Bonchev–Trinajstić information content (AvgIpc) is 3.05. The van der Waals surface area contributed by atoms with Gasteiger partial charge in [0.05, 0.1) is 0 Å². The molecule has 2 aromatic carbocycles. The third kappa shape index (κ3) is 1.92. The van der Waals surface area contributed by atoms with E-state index >= 15 is 0 Å². The quantitative estimate of drug-likeness (QED) is 0.738. The highest BCUT2D eigenvalue weighted by molar-refractivity contribution is 5.75. The van der Waals surface area contributed by atoms with Crippen molar-refractivity contribution >= 4 is 5.57 Å². The summed E-state index contributed by atoms with van der Waals surface area (Å²) in [5, 5.41) is 0. The van der Waals surface area contributed by atoms with Crippen molar-refractivity contribution in [1.29, 1.82) is 0 Å². The lowest BCUT2D eigenvalue weighted by molar-refractivity contribution is 0.911. The predicted octanol–water partition coefficient (Wildman–Crippen LogP) is 4.36. The molecule has 94 valence electrons. The fraction of sp³-hybridized carbons (Fsp3) is 0.263. The van der Waals surface area contributed by atoms with Crippen LogP contribution in [0.4, 0.5) is 0 Å². The van der Waals surface area contributed by atoms with Gasteiger partial charge in [0.1, 0.15) is 0 Å². The zero-order valence-corrected chi connectivity index (χ0v) is 11.2. The van der Waals surface area contributed by atoms with Crippen LogP contribution in [0.15, 0.2) is 48.5 Å². The van der Waals surface area contributed by atoms with E-state index in [1.807, 2.05) is 0 Å². The number of hydrogen-bond acceptors (Lipinski definition) is 0. The Labute approximate surface area is 114 Å². The van der Waals surface area contributed by atoms with Crippen LogP contribution in [0.3, 0.4) is 0 Å². The maximum Gasteiger partial charge on any atom is -0.00228 e. The lowest BCUT2D eigenvalue weighted by atomic mass is 9.95. The van der Waals surface area contributed by atoms with Gasteiger partial charge in [0.25, 0.3) is 0 Å². The zero-order valence-electron chi connectivity index (χ0n) is 11.2. The summed E-state index contributed by atoms with van der Waals surface area (Å²) < 4.78 is 0. The third-order valence-corrected chi connectivity index (χ3v) is 4.47. The highest BCUT2D eigenvalue weighted by Crippen LogP contribution is 2.35. The molecule has 0 heterocycles. The van der Waals surface area contributed by atoms with E-state index in [0.717, 1.165) is 12.8 Å². The topological polar surface area (TPSA) is 0 Å². The Morgan fingerprint density at radius 2 is 1.63 bits per heavy atom. The molecule has 0 bridgehead atoms. The van der Waals surface area contributed by atoms with Crippen LogP contribution in [0.1, 0.15) is 34.2 Å². The number of hydrogen-bond donors (Lipinski definition) is 0. The molecule has 0 heteroatoms. The van der Waals surface area contributed by atoms with Crippen molar-refractivity contribution in [3.05, 3.63) is 76.4 Å². The van der Waals surface area contributed by atoms with E-state index in [0.29, 0.717) is 0 Å². The Morgan fingerprint density at radius 1 is 0.842 bits per heavy atom. The van der Waals surface area contributed by atoms with Crippen LogP contribution in [-0.2, 0) is 25.7 Å². The number of allylic oxidation sites excluding steroid dienone is 2. The first kappa shape index (κ1) is 11.0. The third-order valence-electron chi connectivity index (χ3n) is 4.47. The largest absolute Gasteiger partial charge is 0.0759 e. The Hall–Kier alpha value is -1.82. The molecule has 0 nitrogen and oxygen atoms in total. The molecule has 0 unspecified atom stereocenters. The summed E-state index contributed by atoms with van der Waals surface area (Å²) >= 11 is 0. The Kier molecular flexibility index (Phi) is 2.55. The number of rotatable bonds is 2. The molecule has 2 aromatic rings. The van der Waals surface area contributed by atoms with Crippen LogP contribution >= 0.6 is 0 Å². The van der Waals surface area contributed by atoms with E-state index < -0.39 is 0 Å². The van der Waals surface area contributed by atoms with Crippen molar-refractivity contribution in [2.45, 2.75) is 32.1 Å². The molecule has 0 amide bonds. The molecule has 19 heavy (non-hydrogen) atoms. The first-order chi connectivity index (χ1) is 9.40. The molecule has 2 aliphatic rings. The summed E-state index contributed by atoms with van der Waals surface area (Å²) in [5.41, 5.74) is 9.21. The predicted molar refractivity (Wildman–Crippen MR) is 80.3 cm³/mol. The molecule has 4 rings (SSSR count). The van der Waals surface area contributed by atoms with Gasteiger partial charge in [0.15, 0.2) is 0 Å². The maximum atomic E-state index is 2.47. The van der Waals surface area contributed by atoms with E-state index in [2.05, 4.69) is 48.5 Å². The molecule has 0 spiro atoms. The summed E-state index contributed by atoms with van der Waals surface area (Å²) in [6.45, 7) is 0. The molecular weight excluding hydrogens is 228 g/mol. The lowest BCUT2D eigenvalue weighted by Gasteiger charge is -2.09. The minimum Gasteiger partial charge on any atom is -0.0759 e. The average molecular weight is 246 g/mol. The zero-order chi connectivity index (χ0) is 12.7. The molecule has 0 atom stereocenters. The van der Waals surface area contributed by atoms with Crippen LogP contribution < -0.4 is 0 Å². The fourth-order valence-electron chi connectivity index (χ4n) is 3.47. The standard InChI is InChI=1S/C19H18/c1-2-5-14(6-3-1)11-17-9-10-18-12-15-7-4-8-16(15)13-19(17)18/h1-3,5-6,9,12-13H,4,7-8,10-11H2. The number of fused-ring (bicyclic) bond motifs is 2. The van der Waals surface area contributed by atoms with Gasteiger partial charge in [0.2, 0.25) is 0 Å². The highest BCUT2D eigenvalue weighted by atomic mass is 14.2. The minimum atomic E-state index is 1.08. The van der Waals surface area contributed by atoms with Gasteiger partial charge in [-0.1, -0.05) is 48.5 Å². The SMILES string of the molecule is C1=C(Cc2ccccc2)c2cc3c(cc2C1)CCC3. The summed E-state index contributed by atoms with van der Waals surface area (Å²) in [5.74, 6) is 0. The molecular formula is C19H18. The fourth-order valence-corrected chi connectivity index (χ4v) is 3.47. The van der Waals surface area contributed by atoms with E-state index in [1.54, 1.807) is 16.7 Å². The van der Waals surface area contributed by atoms with Gasteiger partial charge in [-0.3, -0.25) is 0 Å². The van der Waals surface area contributed by atoms with Gasteiger partial charge >= 0.3 is 0 Å². The second-order valence-electron chi connectivity index (χ2n) is 5.73. The summed E-state index contributed by atoms with van der Waals surface area (Å²) in [7, 11) is 0. The van der Waals surface area contributed by atoms with E-state index in [9.17, 15) is 0 Å². The maximum absolute atomic E-state index is 2.47. The first-order valence-electron chi connectivity index (χ1n) is 7.28. The number of aryl methyl sites for hydroxylation is 2. The smallest absolute Gasteiger partial charge is 0.00228 e. The van der Waals surface area contributed by atoms with Gasteiger partial charge in [0, 0.05) is 0 Å². The number of benzene rings is 2. The summed E-state index contributed by atoms with van der Waals surface area (Å²) in [6.07, 6.45) is 8.54. The molecule has 0 N–H and O–H groups in total. The van der Waals surface area contributed by atoms with Crippen molar-refractivity contribution < 1.29 is 0 Å². The Morgan fingerprint density at radius 3 is 2.47 bits per heavy atom. The van der Waals surface area contributed by atoms with Gasteiger partial charge in [-0.25, -0.2) is 0 Å². The first-order valence-corrected chi connectivity index (χ1v) is 7.28. The molecule has 2 aliphatic carbocycles. The highest BCUT2D eigenvalue weighted by Gasteiger charge is 2.19. The second kappa shape index (κ2) is 4.38. The summed E-state index contributed by atoms with van der Waals surface area (Å²) in [4.78, 5) is 0. The molecule has 0 aliphatic heterocycles. The van der Waals surface area contributed by atoms with Gasteiger partial charge in [-0.2, -0.15) is 0 Å². The van der Waals surface area contributed by atoms with Crippen molar-refractivity contribution in [3.8, 4) is 0 Å². The Balaban J connectivity index is 1.68. The van der Waals surface area contributed by atoms with Crippen molar-refractivity contribution in [3.63, 3.8) is 0 Å². The minimum absolute atomic E-state index is 1.08. The van der Waals surface area contributed by atoms with Crippen LogP contribution in [0.25, 0.3) is 5.57 Å². The monoisotopic (exact) mass is 246 g/mol. The lowest BCUT2D eigenvalue weighted by Crippen LogP contribution is -1.93. The van der Waals surface area contributed by atoms with Crippen molar-refractivity contribution in [2.24, 2.45) is 0 Å². The second-order valence-corrected chi connectivity index (χ2v) is 5.73. The van der Waals surface area contributed by atoms with Crippen molar-refractivity contribution in [1.82, 2.24) is 0 Å².